The summed E-state index contributed by atoms with van der Waals surface area (Å²) in [7, 11) is 1.82. The van der Waals surface area contributed by atoms with Gasteiger partial charge in [0, 0.05) is 13.5 Å². The SMILES string of the molecule is Cn1cc(COc2ccc(CC(N)=S)cc2)nn1. The Hall–Kier alpha value is -1.95. The second-order valence-corrected chi connectivity index (χ2v) is 4.48. The van der Waals surface area contributed by atoms with E-state index in [1.807, 2.05) is 37.5 Å². The fourth-order valence-corrected chi connectivity index (χ4v) is 1.69. The number of nitrogens with two attached hydrogens (primary N) is 1. The van der Waals surface area contributed by atoms with Crippen molar-refractivity contribution >= 4 is 17.2 Å². The highest BCUT2D eigenvalue weighted by Crippen LogP contribution is 2.14. The fourth-order valence-electron chi connectivity index (χ4n) is 1.52. The van der Waals surface area contributed by atoms with Crippen LogP contribution in [0, 0.1) is 0 Å². The average molecular weight is 262 g/mol. The summed E-state index contributed by atoms with van der Waals surface area (Å²) in [5, 5.41) is 7.78. The molecule has 0 saturated carbocycles. The van der Waals surface area contributed by atoms with Crippen molar-refractivity contribution < 1.29 is 4.74 Å². The molecule has 0 bridgehead atoms. The van der Waals surface area contributed by atoms with Gasteiger partial charge in [0.05, 0.1) is 11.2 Å². The Bertz CT molecular complexity index is 535. The molecule has 0 unspecified atom stereocenters. The maximum Gasteiger partial charge on any atom is 0.134 e. The molecule has 0 radical (unpaired) electrons. The highest BCUT2D eigenvalue weighted by Gasteiger charge is 2.01. The van der Waals surface area contributed by atoms with Gasteiger partial charge in [0.25, 0.3) is 0 Å². The molecule has 5 nitrogen and oxygen atoms in total. The minimum Gasteiger partial charge on any atom is -0.487 e. The van der Waals surface area contributed by atoms with E-state index >= 15 is 0 Å². The number of hydrogen-bond donors (Lipinski definition) is 1. The first-order valence-corrected chi connectivity index (χ1v) is 5.89. The molecule has 0 spiro atoms. The number of aromatic nitrogens is 3. The highest BCUT2D eigenvalue weighted by atomic mass is 32.1. The Morgan fingerprint density at radius 3 is 2.67 bits per heavy atom. The van der Waals surface area contributed by atoms with E-state index in [9.17, 15) is 0 Å². The summed E-state index contributed by atoms with van der Waals surface area (Å²) in [6.07, 6.45) is 2.43. The normalized spacial score (nSPS) is 10.3. The van der Waals surface area contributed by atoms with Gasteiger partial charge in [0.2, 0.25) is 0 Å². The van der Waals surface area contributed by atoms with Gasteiger partial charge in [-0.3, -0.25) is 4.68 Å². The van der Waals surface area contributed by atoms with Crippen molar-refractivity contribution in [3.05, 3.63) is 41.7 Å². The number of aryl methyl sites for hydroxylation is 1. The third kappa shape index (κ3) is 3.53. The van der Waals surface area contributed by atoms with Gasteiger partial charge in [0.15, 0.2) is 0 Å². The monoisotopic (exact) mass is 262 g/mol. The third-order valence-corrected chi connectivity index (χ3v) is 2.48. The van der Waals surface area contributed by atoms with E-state index in [1.54, 1.807) is 4.68 Å². The lowest BCUT2D eigenvalue weighted by Gasteiger charge is -2.05. The molecule has 1 aromatic carbocycles. The largest absolute Gasteiger partial charge is 0.487 e. The van der Waals surface area contributed by atoms with Gasteiger partial charge >= 0.3 is 0 Å². The van der Waals surface area contributed by atoms with Crippen molar-refractivity contribution in [1.29, 1.82) is 0 Å². The second-order valence-electron chi connectivity index (χ2n) is 3.96. The lowest BCUT2D eigenvalue weighted by atomic mass is 10.1. The van der Waals surface area contributed by atoms with Crippen LogP contribution in [-0.2, 0) is 20.1 Å². The molecule has 2 rings (SSSR count). The standard InChI is InChI=1S/C12H14N4OS/c1-16-7-10(14-15-16)8-17-11-4-2-9(3-5-11)6-12(13)18/h2-5,7H,6,8H2,1H3,(H2,13,18). The van der Waals surface area contributed by atoms with Crippen molar-refractivity contribution in [2.75, 3.05) is 0 Å². The predicted octanol–water partition coefficient (Wildman–Crippen LogP) is 1.22. The van der Waals surface area contributed by atoms with Gasteiger partial charge in [-0.25, -0.2) is 0 Å². The smallest absolute Gasteiger partial charge is 0.134 e. The lowest BCUT2D eigenvalue weighted by Crippen LogP contribution is -2.10. The predicted molar refractivity (Wildman–Crippen MR) is 72.3 cm³/mol. The molecule has 1 aromatic heterocycles. The maximum absolute atomic E-state index is 5.59. The highest BCUT2D eigenvalue weighted by molar-refractivity contribution is 7.80. The average Bonchev–Trinajstić information content (AvgIpc) is 2.74. The number of hydrogen-bond acceptors (Lipinski definition) is 4. The molecule has 0 aliphatic heterocycles. The molecule has 18 heavy (non-hydrogen) atoms. The Labute approximate surface area is 111 Å². The molecular weight excluding hydrogens is 248 g/mol. The molecule has 1 heterocycles. The zero-order valence-corrected chi connectivity index (χ0v) is 10.9. The Morgan fingerprint density at radius 2 is 2.11 bits per heavy atom. The van der Waals surface area contributed by atoms with Crippen LogP contribution in [0.3, 0.4) is 0 Å². The molecular formula is C12H14N4OS. The summed E-state index contributed by atoms with van der Waals surface area (Å²) in [5.41, 5.74) is 7.36. The number of nitrogens with zero attached hydrogens (tertiary/aromatic N) is 3. The quantitative estimate of drug-likeness (QED) is 0.821. The summed E-state index contributed by atoms with van der Waals surface area (Å²) in [5.74, 6) is 0.785. The molecule has 0 amide bonds. The zero-order valence-electron chi connectivity index (χ0n) is 10.0. The Balaban J connectivity index is 1.92. The number of ether oxygens (including phenoxy) is 1. The van der Waals surface area contributed by atoms with Gasteiger partial charge < -0.3 is 10.5 Å². The zero-order chi connectivity index (χ0) is 13.0. The van der Waals surface area contributed by atoms with E-state index in [4.69, 9.17) is 22.7 Å². The number of rotatable bonds is 5. The van der Waals surface area contributed by atoms with Crippen LogP contribution in [0.15, 0.2) is 30.5 Å². The van der Waals surface area contributed by atoms with Crippen molar-refractivity contribution in [3.8, 4) is 5.75 Å². The second kappa shape index (κ2) is 5.59. The molecule has 0 atom stereocenters. The van der Waals surface area contributed by atoms with Crippen molar-refractivity contribution in [2.45, 2.75) is 13.0 Å². The topological polar surface area (TPSA) is 66.0 Å². The van der Waals surface area contributed by atoms with Crippen LogP contribution in [0.2, 0.25) is 0 Å². The summed E-state index contributed by atoms with van der Waals surface area (Å²) in [4.78, 5) is 0.489. The first-order valence-electron chi connectivity index (χ1n) is 5.49. The van der Waals surface area contributed by atoms with Gasteiger partial charge in [-0.15, -0.1) is 5.10 Å². The maximum atomic E-state index is 5.59. The van der Waals surface area contributed by atoms with E-state index < -0.39 is 0 Å². The van der Waals surface area contributed by atoms with Crippen LogP contribution in [0.1, 0.15) is 11.3 Å². The molecule has 94 valence electrons. The van der Waals surface area contributed by atoms with Gasteiger partial charge in [-0.2, -0.15) is 0 Å². The van der Waals surface area contributed by atoms with Crippen molar-refractivity contribution in [1.82, 2.24) is 15.0 Å². The third-order valence-electron chi connectivity index (χ3n) is 2.34. The molecule has 6 heteroatoms. The van der Waals surface area contributed by atoms with E-state index in [2.05, 4.69) is 10.3 Å². The van der Waals surface area contributed by atoms with Crippen LogP contribution in [0.5, 0.6) is 5.75 Å². The van der Waals surface area contributed by atoms with Crippen LogP contribution in [0.4, 0.5) is 0 Å². The van der Waals surface area contributed by atoms with Crippen LogP contribution < -0.4 is 10.5 Å². The van der Waals surface area contributed by atoms with Crippen molar-refractivity contribution in [2.24, 2.45) is 12.8 Å². The van der Waals surface area contributed by atoms with E-state index in [0.717, 1.165) is 17.0 Å². The molecule has 0 fully saturated rings. The summed E-state index contributed by atoms with van der Waals surface area (Å²) >= 11 is 4.86. The first kappa shape index (κ1) is 12.5. The van der Waals surface area contributed by atoms with Gasteiger partial charge in [0.1, 0.15) is 18.1 Å². The molecule has 0 aliphatic rings. The summed E-state index contributed by atoms with van der Waals surface area (Å²) in [6.45, 7) is 0.405. The van der Waals surface area contributed by atoms with Gasteiger partial charge in [-0.05, 0) is 17.7 Å². The van der Waals surface area contributed by atoms with Crippen LogP contribution in [0.25, 0.3) is 0 Å². The van der Waals surface area contributed by atoms with Crippen LogP contribution in [-0.4, -0.2) is 20.0 Å². The molecule has 0 saturated heterocycles. The van der Waals surface area contributed by atoms with Crippen molar-refractivity contribution in [3.63, 3.8) is 0 Å². The minimum atomic E-state index is 0.405. The Morgan fingerprint density at radius 1 is 1.39 bits per heavy atom. The summed E-state index contributed by atoms with van der Waals surface area (Å²) < 4.78 is 7.23. The molecule has 2 N–H and O–H groups in total. The number of thiocarbonyl (C=S) groups is 1. The van der Waals surface area contributed by atoms with E-state index in [1.165, 1.54) is 0 Å². The molecule has 0 aliphatic carbocycles. The minimum absolute atomic E-state index is 0.405. The van der Waals surface area contributed by atoms with E-state index in [0.29, 0.717) is 18.0 Å². The summed E-state index contributed by atoms with van der Waals surface area (Å²) in [6, 6.07) is 7.68. The first-order chi connectivity index (χ1) is 8.63. The van der Waals surface area contributed by atoms with Crippen LogP contribution >= 0.6 is 12.2 Å². The number of benzene rings is 1. The van der Waals surface area contributed by atoms with Gasteiger partial charge in [-0.1, -0.05) is 29.6 Å². The fraction of sp³-hybridized carbons (Fsp3) is 0.250. The van der Waals surface area contributed by atoms with E-state index in [-0.39, 0.29) is 0 Å². The lowest BCUT2D eigenvalue weighted by molar-refractivity contribution is 0.301. The Kier molecular flexibility index (Phi) is 3.88. The molecule has 2 aromatic rings.